The highest BCUT2D eigenvalue weighted by Gasteiger charge is 2.16. The third-order valence-corrected chi connectivity index (χ3v) is 4.74. The maximum atomic E-state index is 12.1. The molecule has 0 amide bonds. The van der Waals surface area contributed by atoms with E-state index in [1.54, 1.807) is 30.2 Å². The molecule has 0 aliphatic rings. The number of hydrogen-bond acceptors (Lipinski definition) is 4. The molecule has 1 heterocycles. The first-order chi connectivity index (χ1) is 9.40. The first-order valence-corrected chi connectivity index (χ1v) is 7.77. The third-order valence-electron chi connectivity index (χ3n) is 2.79. The van der Waals surface area contributed by atoms with Gasteiger partial charge in [-0.15, -0.1) is 0 Å². The Morgan fingerprint density at radius 2 is 2.20 bits per heavy atom. The van der Waals surface area contributed by atoms with Crippen LogP contribution in [0.4, 0.5) is 5.69 Å². The molecule has 0 bridgehead atoms. The normalized spacial score (nSPS) is 11.7. The monoisotopic (exact) mass is 314 g/mol. The van der Waals surface area contributed by atoms with E-state index >= 15 is 0 Å². The average molecular weight is 315 g/mol. The van der Waals surface area contributed by atoms with E-state index in [-0.39, 0.29) is 17.1 Å². The summed E-state index contributed by atoms with van der Waals surface area (Å²) in [6.45, 7) is 2.48. The summed E-state index contributed by atoms with van der Waals surface area (Å²) < 4.78 is 28.6. The van der Waals surface area contributed by atoms with E-state index in [9.17, 15) is 8.42 Å². The van der Waals surface area contributed by atoms with Crippen molar-refractivity contribution in [1.82, 2.24) is 14.3 Å². The molecule has 0 radical (unpaired) electrons. The highest BCUT2D eigenvalue weighted by Crippen LogP contribution is 2.26. The smallest absolute Gasteiger partial charge is 0.240 e. The Labute approximate surface area is 122 Å². The van der Waals surface area contributed by atoms with E-state index in [0.717, 1.165) is 0 Å². The van der Waals surface area contributed by atoms with Crippen molar-refractivity contribution >= 4 is 27.3 Å². The molecular weight excluding hydrogens is 300 g/mol. The van der Waals surface area contributed by atoms with E-state index < -0.39 is 10.0 Å². The molecule has 3 N–H and O–H groups in total. The highest BCUT2D eigenvalue weighted by atomic mass is 35.5. The van der Waals surface area contributed by atoms with Gasteiger partial charge in [-0.1, -0.05) is 11.6 Å². The van der Waals surface area contributed by atoms with Crippen molar-refractivity contribution in [3.05, 3.63) is 41.4 Å². The molecule has 108 valence electrons. The van der Waals surface area contributed by atoms with Crippen molar-refractivity contribution < 1.29 is 8.42 Å². The van der Waals surface area contributed by atoms with Crippen molar-refractivity contribution in [2.75, 3.05) is 12.3 Å². The first kappa shape index (κ1) is 14.8. The van der Waals surface area contributed by atoms with Gasteiger partial charge in [0.2, 0.25) is 10.0 Å². The minimum absolute atomic E-state index is 0.113. The summed E-state index contributed by atoms with van der Waals surface area (Å²) in [6.07, 6.45) is 5.02. The maximum absolute atomic E-state index is 12.1. The van der Waals surface area contributed by atoms with Gasteiger partial charge in [0.05, 0.1) is 21.9 Å². The number of imidazole rings is 1. The van der Waals surface area contributed by atoms with Gasteiger partial charge in [0, 0.05) is 25.5 Å². The van der Waals surface area contributed by atoms with Gasteiger partial charge in [0.25, 0.3) is 0 Å². The van der Waals surface area contributed by atoms with Crippen LogP contribution in [0.5, 0.6) is 0 Å². The van der Waals surface area contributed by atoms with Crippen LogP contribution in [0.1, 0.15) is 5.56 Å². The van der Waals surface area contributed by atoms with E-state index in [1.807, 2.05) is 0 Å². The second-order valence-electron chi connectivity index (χ2n) is 4.34. The summed E-state index contributed by atoms with van der Waals surface area (Å²) >= 11 is 5.92. The second-order valence-corrected chi connectivity index (χ2v) is 6.49. The Balaban J connectivity index is 2.10. The van der Waals surface area contributed by atoms with Crippen LogP contribution in [-0.2, 0) is 16.6 Å². The number of aryl methyl sites for hydroxylation is 1. The molecule has 0 saturated carbocycles. The Morgan fingerprint density at radius 1 is 1.45 bits per heavy atom. The van der Waals surface area contributed by atoms with Gasteiger partial charge < -0.3 is 10.3 Å². The molecule has 2 aromatic rings. The van der Waals surface area contributed by atoms with Crippen molar-refractivity contribution in [2.45, 2.75) is 18.4 Å². The molecule has 1 aromatic heterocycles. The number of aromatic nitrogens is 2. The number of hydrogen-bond donors (Lipinski definition) is 2. The van der Waals surface area contributed by atoms with E-state index in [1.165, 1.54) is 12.1 Å². The van der Waals surface area contributed by atoms with Crippen LogP contribution in [0.3, 0.4) is 0 Å². The number of halogens is 1. The van der Waals surface area contributed by atoms with E-state index in [2.05, 4.69) is 9.71 Å². The van der Waals surface area contributed by atoms with Gasteiger partial charge in [0.1, 0.15) is 0 Å². The molecule has 1 aromatic carbocycles. The van der Waals surface area contributed by atoms with Crippen LogP contribution >= 0.6 is 11.6 Å². The fourth-order valence-corrected chi connectivity index (χ4v) is 2.98. The standard InChI is InChI=1S/C12H15ClN4O2S/c1-9-6-10(7-11(14)12(9)13)20(18,19)16-3-5-17-4-2-15-8-17/h2,4,6-8,16H,3,5,14H2,1H3. The SMILES string of the molecule is Cc1cc(S(=O)(=O)NCCn2ccnc2)cc(N)c1Cl. The zero-order valence-electron chi connectivity index (χ0n) is 10.9. The predicted octanol–water partition coefficient (Wildman–Crippen LogP) is 1.41. The van der Waals surface area contributed by atoms with Crippen LogP contribution in [0.15, 0.2) is 35.7 Å². The predicted molar refractivity (Wildman–Crippen MR) is 78.0 cm³/mol. The lowest BCUT2D eigenvalue weighted by Gasteiger charge is -2.10. The summed E-state index contributed by atoms with van der Waals surface area (Å²) in [4.78, 5) is 4.00. The fourth-order valence-electron chi connectivity index (χ4n) is 1.73. The summed E-state index contributed by atoms with van der Waals surface area (Å²) in [5.41, 5.74) is 6.57. The van der Waals surface area contributed by atoms with Crippen molar-refractivity contribution in [3.63, 3.8) is 0 Å². The number of nitrogens with two attached hydrogens (primary N) is 1. The number of nitrogen functional groups attached to an aromatic ring is 1. The molecule has 0 fully saturated rings. The molecule has 0 aliphatic carbocycles. The number of nitrogens with one attached hydrogen (secondary N) is 1. The molecule has 0 unspecified atom stereocenters. The molecule has 0 aliphatic heterocycles. The third kappa shape index (κ3) is 3.30. The zero-order valence-corrected chi connectivity index (χ0v) is 12.4. The van der Waals surface area contributed by atoms with Gasteiger partial charge in [-0.2, -0.15) is 0 Å². The largest absolute Gasteiger partial charge is 0.397 e. The van der Waals surface area contributed by atoms with Gasteiger partial charge in [-0.05, 0) is 24.6 Å². The molecule has 8 heteroatoms. The van der Waals surface area contributed by atoms with Crippen LogP contribution in [0.2, 0.25) is 5.02 Å². The number of sulfonamides is 1. The number of nitrogens with zero attached hydrogens (tertiary/aromatic N) is 2. The Bertz CT molecular complexity index is 675. The van der Waals surface area contributed by atoms with Crippen molar-refractivity contribution in [2.24, 2.45) is 0 Å². The van der Waals surface area contributed by atoms with Crippen LogP contribution in [0.25, 0.3) is 0 Å². The number of benzene rings is 1. The molecule has 0 spiro atoms. The van der Waals surface area contributed by atoms with Crippen molar-refractivity contribution in [1.29, 1.82) is 0 Å². The number of rotatable bonds is 5. The summed E-state index contributed by atoms with van der Waals surface area (Å²) in [5, 5.41) is 0.377. The second kappa shape index (κ2) is 5.82. The lowest BCUT2D eigenvalue weighted by atomic mass is 10.2. The molecular formula is C12H15ClN4O2S. The quantitative estimate of drug-likeness (QED) is 0.816. The van der Waals surface area contributed by atoms with Crippen molar-refractivity contribution in [3.8, 4) is 0 Å². The van der Waals surface area contributed by atoms with Crippen LogP contribution in [0, 0.1) is 6.92 Å². The van der Waals surface area contributed by atoms with E-state index in [4.69, 9.17) is 17.3 Å². The van der Waals surface area contributed by atoms with Crippen LogP contribution in [-0.4, -0.2) is 24.5 Å². The topological polar surface area (TPSA) is 90.0 Å². The Morgan fingerprint density at radius 3 is 2.80 bits per heavy atom. The van der Waals surface area contributed by atoms with Crippen LogP contribution < -0.4 is 10.5 Å². The van der Waals surface area contributed by atoms with E-state index in [0.29, 0.717) is 17.1 Å². The van der Waals surface area contributed by atoms with Gasteiger partial charge in [0.15, 0.2) is 0 Å². The molecule has 0 atom stereocenters. The lowest BCUT2D eigenvalue weighted by Crippen LogP contribution is -2.27. The minimum Gasteiger partial charge on any atom is -0.397 e. The number of anilines is 1. The molecule has 20 heavy (non-hydrogen) atoms. The molecule has 6 nitrogen and oxygen atoms in total. The van der Waals surface area contributed by atoms with Gasteiger partial charge in [-0.3, -0.25) is 0 Å². The van der Waals surface area contributed by atoms with Gasteiger partial charge >= 0.3 is 0 Å². The summed E-state index contributed by atoms with van der Waals surface area (Å²) in [7, 11) is -3.60. The molecule has 0 saturated heterocycles. The average Bonchev–Trinajstić information content (AvgIpc) is 2.88. The fraction of sp³-hybridized carbons (Fsp3) is 0.250. The maximum Gasteiger partial charge on any atom is 0.240 e. The molecule has 2 rings (SSSR count). The summed E-state index contributed by atoms with van der Waals surface area (Å²) in [5.74, 6) is 0. The Hall–Kier alpha value is -1.57. The van der Waals surface area contributed by atoms with Gasteiger partial charge in [-0.25, -0.2) is 18.1 Å². The minimum atomic E-state index is -3.60. The highest BCUT2D eigenvalue weighted by molar-refractivity contribution is 7.89. The first-order valence-electron chi connectivity index (χ1n) is 5.91. The summed E-state index contributed by atoms with van der Waals surface area (Å²) in [6, 6.07) is 2.85. The lowest BCUT2D eigenvalue weighted by molar-refractivity contribution is 0.572. The zero-order chi connectivity index (χ0) is 14.8. The Kier molecular flexibility index (Phi) is 4.32.